The molecular formula is C25H26N6O4S2. The molecule has 1 aliphatic carbocycles. The number of fused-ring (bicyclic) bond motifs is 1. The molecule has 1 saturated carbocycles. The normalized spacial score (nSPS) is 15.9. The SMILES string of the molecule is COc1ccc(C#N)cc1-c1cc(C)ncc1C(=O)Nc1nc2c(s1)CN(S(=O)(=O)NC1CCCC1)C2. The first-order chi connectivity index (χ1) is 17.8. The van der Waals surface area contributed by atoms with Gasteiger partial charge in [0.05, 0.1) is 43.1 Å². The molecule has 3 heterocycles. The van der Waals surface area contributed by atoms with Gasteiger partial charge in [0.25, 0.3) is 16.1 Å². The summed E-state index contributed by atoms with van der Waals surface area (Å²) in [5.41, 5.74) is 3.28. The summed E-state index contributed by atoms with van der Waals surface area (Å²) in [4.78, 5) is 22.9. The molecule has 37 heavy (non-hydrogen) atoms. The molecular weight excluding hydrogens is 512 g/mol. The molecule has 0 bridgehead atoms. The Hall–Kier alpha value is -3.37. The molecule has 1 amide bonds. The lowest BCUT2D eigenvalue weighted by Gasteiger charge is -2.19. The molecule has 12 heteroatoms. The fourth-order valence-corrected chi connectivity index (χ4v) is 7.14. The van der Waals surface area contributed by atoms with Crippen LogP contribution in [0.3, 0.4) is 0 Å². The van der Waals surface area contributed by atoms with Gasteiger partial charge in [0.1, 0.15) is 5.75 Å². The zero-order chi connectivity index (χ0) is 26.2. The summed E-state index contributed by atoms with van der Waals surface area (Å²) in [5, 5.41) is 12.6. The van der Waals surface area contributed by atoms with E-state index in [4.69, 9.17) is 4.74 Å². The smallest absolute Gasteiger partial charge is 0.280 e. The van der Waals surface area contributed by atoms with Crippen LogP contribution < -0.4 is 14.8 Å². The Labute approximate surface area is 219 Å². The van der Waals surface area contributed by atoms with E-state index in [1.165, 1.54) is 28.9 Å². The minimum Gasteiger partial charge on any atom is -0.496 e. The number of anilines is 1. The number of amides is 1. The largest absolute Gasteiger partial charge is 0.496 e. The van der Waals surface area contributed by atoms with E-state index in [9.17, 15) is 18.5 Å². The van der Waals surface area contributed by atoms with E-state index in [1.807, 2.05) is 6.92 Å². The average Bonchev–Trinajstić information content (AvgIpc) is 3.60. The molecule has 192 valence electrons. The van der Waals surface area contributed by atoms with Crippen molar-refractivity contribution in [3.8, 4) is 22.9 Å². The molecule has 1 aliphatic heterocycles. The number of aromatic nitrogens is 2. The number of methoxy groups -OCH3 is 1. The van der Waals surface area contributed by atoms with Gasteiger partial charge in [0.2, 0.25) is 0 Å². The number of ether oxygens (including phenoxy) is 1. The summed E-state index contributed by atoms with van der Waals surface area (Å²) in [5.74, 6) is 0.117. The standard InChI is InChI=1S/C25H26N6O4S2/c1-15-9-18(19-10-16(11-26)7-8-22(19)35-2)20(12-27-15)24(32)29-25-28-21-13-31(14-23(21)36-25)37(33,34)30-17-5-3-4-6-17/h7-10,12,17,30H,3-6,13-14H2,1-2H3,(H,28,29,32). The number of nitriles is 1. The Kier molecular flexibility index (Phi) is 6.96. The van der Waals surface area contributed by atoms with Gasteiger partial charge in [-0.3, -0.25) is 15.1 Å². The van der Waals surface area contributed by atoms with Gasteiger partial charge in [-0.1, -0.05) is 24.2 Å². The van der Waals surface area contributed by atoms with Crippen molar-refractivity contribution < 1.29 is 17.9 Å². The van der Waals surface area contributed by atoms with Crippen molar-refractivity contribution in [2.24, 2.45) is 0 Å². The molecule has 1 aromatic carbocycles. The topological polar surface area (TPSA) is 137 Å². The van der Waals surface area contributed by atoms with Gasteiger partial charge in [-0.25, -0.2) is 4.98 Å². The van der Waals surface area contributed by atoms with E-state index in [0.29, 0.717) is 44.5 Å². The highest BCUT2D eigenvalue weighted by molar-refractivity contribution is 7.87. The predicted molar refractivity (Wildman–Crippen MR) is 139 cm³/mol. The molecule has 5 rings (SSSR count). The van der Waals surface area contributed by atoms with Crippen LogP contribution >= 0.6 is 11.3 Å². The Morgan fingerprint density at radius 3 is 2.70 bits per heavy atom. The minimum atomic E-state index is -3.59. The highest BCUT2D eigenvalue weighted by Gasteiger charge is 2.34. The summed E-state index contributed by atoms with van der Waals surface area (Å²) in [6.07, 6.45) is 5.31. The highest BCUT2D eigenvalue weighted by Crippen LogP contribution is 2.36. The maximum Gasteiger partial charge on any atom is 0.280 e. The lowest BCUT2D eigenvalue weighted by molar-refractivity contribution is 0.102. The van der Waals surface area contributed by atoms with Crippen molar-refractivity contribution in [3.05, 3.63) is 57.9 Å². The van der Waals surface area contributed by atoms with Gasteiger partial charge in [-0.15, -0.1) is 0 Å². The molecule has 0 saturated heterocycles. The Balaban J connectivity index is 1.35. The average molecular weight is 539 g/mol. The summed E-state index contributed by atoms with van der Waals surface area (Å²) in [7, 11) is -2.06. The number of thiazole rings is 1. The first-order valence-corrected chi connectivity index (χ1v) is 14.2. The first-order valence-electron chi connectivity index (χ1n) is 11.9. The number of pyridine rings is 1. The van der Waals surface area contributed by atoms with Crippen molar-refractivity contribution in [1.29, 1.82) is 5.26 Å². The molecule has 1 fully saturated rings. The van der Waals surface area contributed by atoms with Gasteiger partial charge < -0.3 is 4.74 Å². The van der Waals surface area contributed by atoms with Crippen LogP contribution in [0.5, 0.6) is 5.75 Å². The second-order valence-electron chi connectivity index (χ2n) is 9.11. The summed E-state index contributed by atoms with van der Waals surface area (Å²) < 4.78 is 35.2. The van der Waals surface area contributed by atoms with Crippen LogP contribution in [-0.4, -0.2) is 41.7 Å². The van der Waals surface area contributed by atoms with Crippen LogP contribution in [0.4, 0.5) is 5.13 Å². The molecule has 0 spiro atoms. The minimum absolute atomic E-state index is 0.00349. The van der Waals surface area contributed by atoms with E-state index in [2.05, 4.69) is 26.1 Å². The van der Waals surface area contributed by atoms with Crippen LogP contribution in [0, 0.1) is 18.3 Å². The fraction of sp³-hybridized carbons (Fsp3) is 0.360. The van der Waals surface area contributed by atoms with Crippen LogP contribution in [0.1, 0.15) is 57.9 Å². The van der Waals surface area contributed by atoms with Crippen molar-refractivity contribution in [1.82, 2.24) is 19.0 Å². The molecule has 0 atom stereocenters. The zero-order valence-corrected chi connectivity index (χ0v) is 22.1. The second kappa shape index (κ2) is 10.2. The molecule has 2 N–H and O–H groups in total. The quantitative estimate of drug-likeness (QED) is 0.467. The van der Waals surface area contributed by atoms with Gasteiger partial charge in [-0.05, 0) is 44.0 Å². The van der Waals surface area contributed by atoms with Gasteiger partial charge in [0, 0.05) is 33.9 Å². The van der Waals surface area contributed by atoms with Crippen molar-refractivity contribution in [2.45, 2.75) is 51.7 Å². The molecule has 10 nitrogen and oxygen atoms in total. The third-order valence-electron chi connectivity index (χ3n) is 6.56. The number of carbonyl (C=O) groups excluding carboxylic acids is 1. The van der Waals surface area contributed by atoms with Crippen molar-refractivity contribution in [3.63, 3.8) is 0 Å². The van der Waals surface area contributed by atoms with Crippen LogP contribution in [-0.2, 0) is 23.3 Å². The van der Waals surface area contributed by atoms with Gasteiger partial charge in [-0.2, -0.15) is 22.7 Å². The zero-order valence-electron chi connectivity index (χ0n) is 20.4. The summed E-state index contributed by atoms with van der Waals surface area (Å²) >= 11 is 1.26. The number of benzene rings is 1. The van der Waals surface area contributed by atoms with Crippen LogP contribution in [0.2, 0.25) is 0 Å². The van der Waals surface area contributed by atoms with Crippen molar-refractivity contribution in [2.75, 3.05) is 12.4 Å². The van der Waals surface area contributed by atoms with Gasteiger partial charge in [0.15, 0.2) is 5.13 Å². The molecule has 3 aromatic rings. The van der Waals surface area contributed by atoms with Crippen LogP contribution in [0.15, 0.2) is 30.5 Å². The maximum absolute atomic E-state index is 13.3. The Morgan fingerprint density at radius 2 is 2.00 bits per heavy atom. The molecule has 2 aliphatic rings. The summed E-state index contributed by atoms with van der Waals surface area (Å²) in [6, 6.07) is 8.91. The number of hydrogen-bond donors (Lipinski definition) is 2. The number of rotatable bonds is 7. The lowest BCUT2D eigenvalue weighted by Crippen LogP contribution is -2.42. The number of nitrogens with zero attached hydrogens (tertiary/aromatic N) is 4. The number of aryl methyl sites for hydroxylation is 1. The monoisotopic (exact) mass is 538 g/mol. The third-order valence-corrected chi connectivity index (χ3v) is 9.13. The van der Waals surface area contributed by atoms with Gasteiger partial charge >= 0.3 is 0 Å². The van der Waals surface area contributed by atoms with E-state index < -0.39 is 16.1 Å². The first kappa shape index (κ1) is 25.3. The molecule has 2 aromatic heterocycles. The van der Waals surface area contributed by atoms with E-state index in [0.717, 1.165) is 30.6 Å². The van der Waals surface area contributed by atoms with Crippen molar-refractivity contribution >= 4 is 32.6 Å². The number of nitrogens with one attached hydrogen (secondary N) is 2. The Morgan fingerprint density at radius 1 is 1.22 bits per heavy atom. The van der Waals surface area contributed by atoms with Crippen LogP contribution in [0.25, 0.3) is 11.1 Å². The van der Waals surface area contributed by atoms with E-state index >= 15 is 0 Å². The maximum atomic E-state index is 13.3. The highest BCUT2D eigenvalue weighted by atomic mass is 32.2. The second-order valence-corrected chi connectivity index (χ2v) is 11.9. The molecule has 0 radical (unpaired) electrons. The van der Waals surface area contributed by atoms with E-state index in [1.54, 1.807) is 24.3 Å². The molecule has 0 unspecified atom stereocenters. The third kappa shape index (κ3) is 5.21. The lowest BCUT2D eigenvalue weighted by atomic mass is 9.97. The fourth-order valence-electron chi connectivity index (χ4n) is 4.68. The van der Waals surface area contributed by atoms with E-state index in [-0.39, 0.29) is 19.1 Å². The predicted octanol–water partition coefficient (Wildman–Crippen LogP) is 3.74. The Bertz CT molecular complexity index is 1480. The number of hydrogen-bond acceptors (Lipinski definition) is 8. The number of carbonyl (C=O) groups is 1. The summed E-state index contributed by atoms with van der Waals surface area (Å²) in [6.45, 7) is 2.21.